The number of rotatable bonds is 0. The summed E-state index contributed by atoms with van der Waals surface area (Å²) in [6.45, 7) is 6.96. The van der Waals surface area contributed by atoms with E-state index in [2.05, 4.69) is 44.8 Å². The molecule has 1 atom stereocenters. The van der Waals surface area contributed by atoms with Gasteiger partial charge in [-0.1, -0.05) is 43.4 Å². The molecule has 0 saturated heterocycles. The monoisotopic (exact) mass is 228 g/mol. The van der Waals surface area contributed by atoms with Crippen molar-refractivity contribution in [1.82, 2.24) is 0 Å². The van der Waals surface area contributed by atoms with Crippen molar-refractivity contribution in [2.45, 2.75) is 59.3 Å². The van der Waals surface area contributed by atoms with Crippen molar-refractivity contribution in [3.05, 3.63) is 23.3 Å². The van der Waals surface area contributed by atoms with Gasteiger partial charge in [0.15, 0.2) is 0 Å². The standard InChI is InChI=1S/C17H24/c1-14-8-7-13-17(2,3)16(14)12-11-15-9-5-4-6-10-15/h8-9,16H,4-7,10,13H2,1-3H3. The van der Waals surface area contributed by atoms with Crippen LogP contribution in [0.25, 0.3) is 0 Å². The quantitative estimate of drug-likeness (QED) is 0.410. The lowest BCUT2D eigenvalue weighted by atomic mass is 9.69. The molecule has 2 aliphatic carbocycles. The fourth-order valence-corrected chi connectivity index (χ4v) is 2.98. The lowest BCUT2D eigenvalue weighted by Crippen LogP contribution is -2.26. The van der Waals surface area contributed by atoms with Crippen molar-refractivity contribution in [3.63, 3.8) is 0 Å². The summed E-state index contributed by atoms with van der Waals surface area (Å²) in [4.78, 5) is 0. The highest BCUT2D eigenvalue weighted by Gasteiger charge is 2.31. The van der Waals surface area contributed by atoms with E-state index < -0.39 is 0 Å². The van der Waals surface area contributed by atoms with Gasteiger partial charge < -0.3 is 0 Å². The molecule has 0 heteroatoms. The van der Waals surface area contributed by atoms with Crippen LogP contribution in [0.4, 0.5) is 0 Å². The van der Waals surface area contributed by atoms with Crippen LogP contribution in [0.2, 0.25) is 0 Å². The summed E-state index contributed by atoms with van der Waals surface area (Å²) in [6, 6.07) is 0. The summed E-state index contributed by atoms with van der Waals surface area (Å²) >= 11 is 0. The highest BCUT2D eigenvalue weighted by molar-refractivity contribution is 5.34. The van der Waals surface area contributed by atoms with Crippen LogP contribution in [0.1, 0.15) is 59.3 Å². The Kier molecular flexibility index (Phi) is 3.77. The minimum Gasteiger partial charge on any atom is -0.0898 e. The molecular weight excluding hydrogens is 204 g/mol. The molecule has 17 heavy (non-hydrogen) atoms. The van der Waals surface area contributed by atoms with Gasteiger partial charge in [-0.05, 0) is 56.4 Å². The van der Waals surface area contributed by atoms with Crippen LogP contribution in [0, 0.1) is 23.2 Å². The molecule has 0 aromatic heterocycles. The van der Waals surface area contributed by atoms with Crippen LogP contribution in [0.15, 0.2) is 23.3 Å². The molecule has 0 saturated carbocycles. The normalized spacial score (nSPS) is 27.6. The zero-order valence-corrected chi connectivity index (χ0v) is 11.5. The van der Waals surface area contributed by atoms with E-state index in [-0.39, 0.29) is 0 Å². The maximum atomic E-state index is 3.54. The lowest BCUT2D eigenvalue weighted by molar-refractivity contribution is 0.263. The van der Waals surface area contributed by atoms with Gasteiger partial charge in [0.2, 0.25) is 0 Å². The first-order valence-corrected chi connectivity index (χ1v) is 6.97. The summed E-state index contributed by atoms with van der Waals surface area (Å²) in [5.41, 5.74) is 3.21. The molecule has 1 unspecified atom stereocenters. The summed E-state index contributed by atoms with van der Waals surface area (Å²) in [5, 5.41) is 0. The van der Waals surface area contributed by atoms with Crippen molar-refractivity contribution >= 4 is 0 Å². The van der Waals surface area contributed by atoms with Crippen LogP contribution in [-0.2, 0) is 0 Å². The topological polar surface area (TPSA) is 0 Å². The molecular formula is C17H24. The van der Waals surface area contributed by atoms with E-state index in [0.29, 0.717) is 11.3 Å². The van der Waals surface area contributed by atoms with Gasteiger partial charge in [0.25, 0.3) is 0 Å². The maximum Gasteiger partial charge on any atom is 0.0464 e. The molecule has 0 nitrogen and oxygen atoms in total. The Morgan fingerprint density at radius 2 is 2.00 bits per heavy atom. The Bertz CT molecular complexity index is 395. The van der Waals surface area contributed by atoms with Gasteiger partial charge in [0, 0.05) is 5.92 Å². The smallest absolute Gasteiger partial charge is 0.0464 e. The first kappa shape index (κ1) is 12.5. The SMILES string of the molecule is CC1=CCCC(C)(C)C1C#CC1=CCCCC1. The van der Waals surface area contributed by atoms with E-state index in [1.807, 2.05) is 0 Å². The van der Waals surface area contributed by atoms with Crippen molar-refractivity contribution in [2.24, 2.45) is 11.3 Å². The van der Waals surface area contributed by atoms with Crippen LogP contribution in [0.3, 0.4) is 0 Å². The molecule has 92 valence electrons. The molecule has 0 radical (unpaired) electrons. The summed E-state index contributed by atoms with van der Waals surface area (Å²) in [5.74, 6) is 7.45. The van der Waals surface area contributed by atoms with Gasteiger partial charge in [0.05, 0.1) is 0 Å². The molecule has 0 aromatic rings. The Labute approximate surface area is 106 Å². The molecule has 0 aromatic carbocycles. The van der Waals surface area contributed by atoms with Crippen LogP contribution >= 0.6 is 0 Å². The van der Waals surface area contributed by atoms with Gasteiger partial charge in [0.1, 0.15) is 0 Å². The fraction of sp³-hybridized carbons (Fsp3) is 0.647. The number of allylic oxidation sites excluding steroid dienone is 4. The van der Waals surface area contributed by atoms with Gasteiger partial charge >= 0.3 is 0 Å². The maximum absolute atomic E-state index is 3.54. The molecule has 0 aliphatic heterocycles. The second-order valence-electron chi connectivity index (χ2n) is 6.15. The highest BCUT2D eigenvalue weighted by Crippen LogP contribution is 2.40. The van der Waals surface area contributed by atoms with Crippen molar-refractivity contribution in [2.75, 3.05) is 0 Å². The molecule has 2 rings (SSSR count). The van der Waals surface area contributed by atoms with E-state index in [1.165, 1.54) is 49.7 Å². The second-order valence-corrected chi connectivity index (χ2v) is 6.15. The van der Waals surface area contributed by atoms with Crippen LogP contribution in [-0.4, -0.2) is 0 Å². The van der Waals surface area contributed by atoms with Crippen molar-refractivity contribution in [1.29, 1.82) is 0 Å². The Balaban J connectivity index is 2.16. The molecule has 0 bridgehead atoms. The predicted octanol–water partition coefficient (Wildman–Crippen LogP) is 4.87. The van der Waals surface area contributed by atoms with Crippen LogP contribution < -0.4 is 0 Å². The summed E-state index contributed by atoms with van der Waals surface area (Å²) in [6.07, 6.45) is 12.3. The van der Waals surface area contributed by atoms with Crippen molar-refractivity contribution in [3.8, 4) is 11.8 Å². The highest BCUT2D eigenvalue weighted by atomic mass is 14.3. The third kappa shape index (κ3) is 3.03. The average Bonchev–Trinajstić information content (AvgIpc) is 2.29. The average molecular weight is 228 g/mol. The van der Waals surface area contributed by atoms with E-state index in [0.717, 1.165) is 0 Å². The number of hydrogen-bond acceptors (Lipinski definition) is 0. The number of hydrogen-bond donors (Lipinski definition) is 0. The molecule has 0 amide bonds. The van der Waals surface area contributed by atoms with E-state index >= 15 is 0 Å². The van der Waals surface area contributed by atoms with E-state index in [1.54, 1.807) is 0 Å². The van der Waals surface area contributed by atoms with E-state index in [9.17, 15) is 0 Å². The minimum atomic E-state index is 0.348. The third-order valence-electron chi connectivity index (χ3n) is 4.16. The largest absolute Gasteiger partial charge is 0.0898 e. The molecule has 0 spiro atoms. The first-order valence-electron chi connectivity index (χ1n) is 6.97. The zero-order valence-electron chi connectivity index (χ0n) is 11.5. The van der Waals surface area contributed by atoms with Crippen LogP contribution in [0.5, 0.6) is 0 Å². The van der Waals surface area contributed by atoms with Gasteiger partial charge in [-0.3, -0.25) is 0 Å². The second kappa shape index (κ2) is 5.13. The Morgan fingerprint density at radius 3 is 2.65 bits per heavy atom. The van der Waals surface area contributed by atoms with Crippen molar-refractivity contribution < 1.29 is 0 Å². The fourth-order valence-electron chi connectivity index (χ4n) is 2.98. The van der Waals surface area contributed by atoms with E-state index in [4.69, 9.17) is 0 Å². The Hall–Kier alpha value is -0.960. The minimum absolute atomic E-state index is 0.348. The molecule has 2 aliphatic rings. The molecule has 0 heterocycles. The molecule has 0 N–H and O–H groups in total. The van der Waals surface area contributed by atoms with Gasteiger partial charge in [-0.15, -0.1) is 0 Å². The first-order chi connectivity index (χ1) is 8.09. The predicted molar refractivity (Wildman–Crippen MR) is 74.6 cm³/mol. The summed E-state index contributed by atoms with van der Waals surface area (Å²) < 4.78 is 0. The zero-order chi connectivity index (χ0) is 12.3. The Morgan fingerprint density at radius 1 is 1.18 bits per heavy atom. The summed E-state index contributed by atoms with van der Waals surface area (Å²) in [7, 11) is 0. The van der Waals surface area contributed by atoms with Gasteiger partial charge in [-0.2, -0.15) is 0 Å². The lowest BCUT2D eigenvalue weighted by Gasteiger charge is -2.35. The van der Waals surface area contributed by atoms with Gasteiger partial charge in [-0.25, -0.2) is 0 Å². The third-order valence-corrected chi connectivity index (χ3v) is 4.16. The molecule has 0 fully saturated rings.